The normalized spacial score (nSPS) is 15.2. The topological polar surface area (TPSA) is 60.9 Å². The Bertz CT molecular complexity index is 893. The van der Waals surface area contributed by atoms with Crippen LogP contribution < -0.4 is 5.73 Å². The van der Waals surface area contributed by atoms with E-state index in [1.54, 1.807) is 0 Å². The number of carbonyl (C=O) groups excluding carboxylic acids is 1. The first-order chi connectivity index (χ1) is 11.6. The van der Waals surface area contributed by atoms with Crippen molar-refractivity contribution in [3.63, 3.8) is 0 Å². The minimum Gasteiger partial charge on any atom is -0.369 e. The van der Waals surface area contributed by atoms with Crippen LogP contribution in [0.25, 0.3) is 16.8 Å². The summed E-state index contributed by atoms with van der Waals surface area (Å²) in [6.45, 7) is 0. The molecule has 0 unspecified atom stereocenters. The number of nitrogens with two attached hydrogens (primary N) is 1. The fraction of sp³-hybridized carbons (Fsp3) is 0.158. The second-order valence-corrected chi connectivity index (χ2v) is 6.09. The summed E-state index contributed by atoms with van der Waals surface area (Å²) in [4.78, 5) is 11.6. The molecular formula is C19H15FN3O. The van der Waals surface area contributed by atoms with Gasteiger partial charge >= 0.3 is 0 Å². The summed E-state index contributed by atoms with van der Waals surface area (Å²) in [5, 5.41) is 3.89. The Kier molecular flexibility index (Phi) is 3.23. The van der Waals surface area contributed by atoms with E-state index in [2.05, 4.69) is 11.3 Å². The molecule has 4 nitrogen and oxygen atoms in total. The van der Waals surface area contributed by atoms with E-state index < -0.39 is 11.2 Å². The number of nitrogens with zero attached hydrogens (tertiary/aromatic N) is 2. The van der Waals surface area contributed by atoms with E-state index in [4.69, 9.17) is 5.73 Å². The molecule has 1 aliphatic rings. The van der Waals surface area contributed by atoms with E-state index in [9.17, 15) is 9.18 Å². The third kappa shape index (κ3) is 2.38. The lowest BCUT2D eigenvalue weighted by molar-refractivity contribution is -0.120. The molecule has 3 aromatic rings. The Morgan fingerprint density at radius 1 is 1.08 bits per heavy atom. The van der Waals surface area contributed by atoms with Gasteiger partial charge in [-0.1, -0.05) is 36.4 Å². The smallest absolute Gasteiger partial charge is 0.228 e. The van der Waals surface area contributed by atoms with E-state index in [0.717, 1.165) is 41.4 Å². The SMILES string of the molecule is NC(=O)C1(c2ccc(-c3ccc(-n4[c]c(F)cn4)cc3)cc2)CC1. The van der Waals surface area contributed by atoms with Crippen LogP contribution in [0.4, 0.5) is 4.39 Å². The molecule has 1 aliphatic carbocycles. The van der Waals surface area contributed by atoms with Crippen molar-refractivity contribution in [2.75, 3.05) is 0 Å². The van der Waals surface area contributed by atoms with Crippen LogP contribution in [-0.4, -0.2) is 15.7 Å². The van der Waals surface area contributed by atoms with Crippen LogP contribution in [-0.2, 0) is 10.2 Å². The highest BCUT2D eigenvalue weighted by Crippen LogP contribution is 2.48. The molecule has 0 bridgehead atoms. The molecule has 1 amide bonds. The van der Waals surface area contributed by atoms with Crippen LogP contribution >= 0.6 is 0 Å². The minimum atomic E-state index is -0.488. The van der Waals surface area contributed by atoms with E-state index >= 15 is 0 Å². The van der Waals surface area contributed by atoms with E-state index in [1.807, 2.05) is 48.5 Å². The predicted octanol–water partition coefficient (Wildman–Crippen LogP) is 3.00. The summed E-state index contributed by atoms with van der Waals surface area (Å²) in [6.07, 6.45) is 5.27. The zero-order valence-electron chi connectivity index (χ0n) is 12.9. The zero-order chi connectivity index (χ0) is 16.7. The van der Waals surface area contributed by atoms with E-state index in [0.29, 0.717) is 0 Å². The molecule has 1 radical (unpaired) electrons. The zero-order valence-corrected chi connectivity index (χ0v) is 12.9. The Morgan fingerprint density at radius 3 is 2.12 bits per heavy atom. The summed E-state index contributed by atoms with van der Waals surface area (Å²) in [7, 11) is 0. The quantitative estimate of drug-likeness (QED) is 0.803. The Balaban J connectivity index is 1.59. The standard InChI is InChI=1S/C19H15FN3O/c20-16-11-22-23(12-16)17-7-3-14(4-8-17)13-1-5-15(6-2-13)19(9-10-19)18(21)24/h1-8,11H,9-10H2,(H2,21,24). The highest BCUT2D eigenvalue weighted by Gasteiger charge is 2.49. The molecule has 1 fully saturated rings. The summed E-state index contributed by atoms with van der Waals surface area (Å²) < 4.78 is 14.3. The average molecular weight is 320 g/mol. The average Bonchev–Trinajstić information content (AvgIpc) is 3.31. The van der Waals surface area contributed by atoms with Crippen molar-refractivity contribution in [3.8, 4) is 16.8 Å². The van der Waals surface area contributed by atoms with Gasteiger partial charge in [0.2, 0.25) is 5.91 Å². The van der Waals surface area contributed by atoms with Crippen molar-refractivity contribution < 1.29 is 9.18 Å². The summed E-state index contributed by atoms with van der Waals surface area (Å²) >= 11 is 0. The van der Waals surface area contributed by atoms with Crippen molar-refractivity contribution in [2.45, 2.75) is 18.3 Å². The molecule has 0 saturated heterocycles. The first kappa shape index (κ1) is 14.6. The van der Waals surface area contributed by atoms with Crippen molar-refractivity contribution in [1.29, 1.82) is 0 Å². The monoisotopic (exact) mass is 320 g/mol. The van der Waals surface area contributed by atoms with Crippen LogP contribution in [0.5, 0.6) is 0 Å². The van der Waals surface area contributed by atoms with Crippen LogP contribution in [0.3, 0.4) is 0 Å². The molecule has 0 spiro atoms. The number of hydrogen-bond acceptors (Lipinski definition) is 2. The van der Waals surface area contributed by atoms with Crippen molar-refractivity contribution in [1.82, 2.24) is 9.78 Å². The summed E-state index contributed by atoms with van der Waals surface area (Å²) in [5.41, 5.74) is 8.85. The summed E-state index contributed by atoms with van der Waals surface area (Å²) in [6, 6.07) is 15.5. The number of aromatic nitrogens is 2. The van der Waals surface area contributed by atoms with E-state index in [-0.39, 0.29) is 5.91 Å². The lowest BCUT2D eigenvalue weighted by Crippen LogP contribution is -2.28. The highest BCUT2D eigenvalue weighted by molar-refractivity contribution is 5.90. The molecule has 1 saturated carbocycles. The number of amides is 1. The molecule has 24 heavy (non-hydrogen) atoms. The number of halogens is 1. The lowest BCUT2D eigenvalue weighted by atomic mass is 9.93. The Hall–Kier alpha value is -2.95. The molecule has 0 atom stereocenters. The second kappa shape index (κ2) is 5.30. The molecule has 2 aromatic carbocycles. The Morgan fingerprint density at radius 2 is 1.67 bits per heavy atom. The van der Waals surface area contributed by atoms with Gasteiger partial charge < -0.3 is 5.73 Å². The van der Waals surface area contributed by atoms with Gasteiger partial charge in [0.15, 0.2) is 5.82 Å². The fourth-order valence-corrected chi connectivity index (χ4v) is 2.98. The maximum Gasteiger partial charge on any atom is 0.228 e. The van der Waals surface area contributed by atoms with Gasteiger partial charge in [-0.25, -0.2) is 9.07 Å². The van der Waals surface area contributed by atoms with Gasteiger partial charge in [0, 0.05) is 0 Å². The Labute approximate surface area is 138 Å². The van der Waals surface area contributed by atoms with Crippen LogP contribution in [0.15, 0.2) is 54.7 Å². The first-order valence-corrected chi connectivity index (χ1v) is 7.73. The van der Waals surface area contributed by atoms with Crippen LogP contribution in [0.1, 0.15) is 18.4 Å². The van der Waals surface area contributed by atoms with Gasteiger partial charge in [-0.05, 0) is 41.7 Å². The fourth-order valence-electron chi connectivity index (χ4n) is 2.98. The third-order valence-corrected chi connectivity index (χ3v) is 4.60. The van der Waals surface area contributed by atoms with Gasteiger partial charge in [0.1, 0.15) is 6.20 Å². The molecule has 4 rings (SSSR count). The molecule has 1 aromatic heterocycles. The number of primary amides is 1. The molecular weight excluding hydrogens is 305 g/mol. The summed E-state index contributed by atoms with van der Waals surface area (Å²) in [5.74, 6) is -0.736. The van der Waals surface area contributed by atoms with Crippen molar-refractivity contribution in [2.24, 2.45) is 5.73 Å². The van der Waals surface area contributed by atoms with Gasteiger partial charge in [-0.2, -0.15) is 5.10 Å². The van der Waals surface area contributed by atoms with Gasteiger partial charge in [0.25, 0.3) is 0 Å². The van der Waals surface area contributed by atoms with Crippen molar-refractivity contribution in [3.05, 3.63) is 72.3 Å². The van der Waals surface area contributed by atoms with Crippen LogP contribution in [0, 0.1) is 12.0 Å². The molecule has 2 N–H and O–H groups in total. The minimum absolute atomic E-state index is 0.248. The molecule has 1 heterocycles. The number of rotatable bonds is 4. The van der Waals surface area contributed by atoms with Gasteiger partial charge in [0.05, 0.1) is 17.3 Å². The van der Waals surface area contributed by atoms with E-state index in [1.165, 1.54) is 4.68 Å². The third-order valence-electron chi connectivity index (χ3n) is 4.60. The molecule has 5 heteroatoms. The number of carbonyl (C=O) groups is 1. The molecule has 119 valence electrons. The number of hydrogen-bond donors (Lipinski definition) is 1. The first-order valence-electron chi connectivity index (χ1n) is 7.73. The number of benzene rings is 2. The molecule has 0 aliphatic heterocycles. The maximum atomic E-state index is 13.0. The predicted molar refractivity (Wildman–Crippen MR) is 87.9 cm³/mol. The second-order valence-electron chi connectivity index (χ2n) is 6.09. The largest absolute Gasteiger partial charge is 0.369 e. The van der Waals surface area contributed by atoms with Gasteiger partial charge in [-0.3, -0.25) is 4.79 Å². The maximum absolute atomic E-state index is 13.0. The van der Waals surface area contributed by atoms with Crippen molar-refractivity contribution >= 4 is 5.91 Å². The van der Waals surface area contributed by atoms with Gasteiger partial charge in [-0.15, -0.1) is 0 Å². The highest BCUT2D eigenvalue weighted by atomic mass is 19.1. The lowest BCUT2D eigenvalue weighted by Gasteiger charge is -2.12. The van der Waals surface area contributed by atoms with Crippen LogP contribution in [0.2, 0.25) is 0 Å².